The standard InChI is InChI=1S/C10H13NO2S/c1-7-3-4-8(13-2)5-9(7)11-10(12)6-14/h3-5,14H,6H2,1-2H3,(H,11,12). The van der Waals surface area contributed by atoms with Crippen LogP contribution < -0.4 is 10.1 Å². The van der Waals surface area contributed by atoms with Gasteiger partial charge in [0.15, 0.2) is 0 Å². The molecule has 0 aliphatic heterocycles. The molecule has 1 N–H and O–H groups in total. The van der Waals surface area contributed by atoms with Crippen molar-refractivity contribution >= 4 is 24.2 Å². The van der Waals surface area contributed by atoms with Crippen LogP contribution in [0.25, 0.3) is 0 Å². The van der Waals surface area contributed by atoms with Crippen molar-refractivity contribution in [2.75, 3.05) is 18.2 Å². The van der Waals surface area contributed by atoms with Gasteiger partial charge in [0.25, 0.3) is 0 Å². The minimum Gasteiger partial charge on any atom is -0.497 e. The van der Waals surface area contributed by atoms with Crippen LogP contribution in [0.2, 0.25) is 0 Å². The van der Waals surface area contributed by atoms with E-state index in [-0.39, 0.29) is 11.7 Å². The maximum absolute atomic E-state index is 11.1. The van der Waals surface area contributed by atoms with Crippen LogP contribution in [0.4, 0.5) is 5.69 Å². The van der Waals surface area contributed by atoms with E-state index in [0.717, 1.165) is 17.0 Å². The Labute approximate surface area is 88.9 Å². The fourth-order valence-electron chi connectivity index (χ4n) is 1.05. The summed E-state index contributed by atoms with van der Waals surface area (Å²) in [6, 6.07) is 5.54. The molecule has 0 saturated carbocycles. The molecule has 4 heteroatoms. The first kappa shape index (κ1) is 10.9. The SMILES string of the molecule is COc1ccc(C)c(NC(=O)CS)c1. The van der Waals surface area contributed by atoms with E-state index in [4.69, 9.17) is 4.74 Å². The minimum absolute atomic E-state index is 0.121. The molecule has 0 aromatic heterocycles. The van der Waals surface area contributed by atoms with E-state index in [2.05, 4.69) is 17.9 Å². The number of thiol groups is 1. The van der Waals surface area contributed by atoms with Gasteiger partial charge in [-0.15, -0.1) is 0 Å². The molecule has 0 spiro atoms. The number of carbonyl (C=O) groups excluding carboxylic acids is 1. The van der Waals surface area contributed by atoms with Crippen LogP contribution in [0.5, 0.6) is 5.75 Å². The van der Waals surface area contributed by atoms with Gasteiger partial charge in [0.1, 0.15) is 5.75 Å². The van der Waals surface area contributed by atoms with Crippen molar-refractivity contribution in [2.45, 2.75) is 6.92 Å². The molecule has 0 atom stereocenters. The van der Waals surface area contributed by atoms with E-state index in [1.54, 1.807) is 13.2 Å². The Kier molecular flexibility index (Phi) is 3.83. The predicted molar refractivity (Wildman–Crippen MR) is 60.2 cm³/mol. The summed E-state index contributed by atoms with van der Waals surface area (Å²) in [6.07, 6.45) is 0. The first-order valence-corrected chi connectivity index (χ1v) is 4.86. The molecule has 0 radical (unpaired) electrons. The zero-order valence-electron chi connectivity index (χ0n) is 8.20. The van der Waals surface area contributed by atoms with Gasteiger partial charge in [-0.1, -0.05) is 6.07 Å². The number of carbonyl (C=O) groups is 1. The first-order chi connectivity index (χ1) is 6.67. The largest absolute Gasteiger partial charge is 0.497 e. The van der Waals surface area contributed by atoms with E-state index in [1.165, 1.54) is 0 Å². The van der Waals surface area contributed by atoms with Crippen LogP contribution in [0.1, 0.15) is 5.56 Å². The average Bonchev–Trinajstić information content (AvgIpc) is 2.21. The molecule has 0 unspecified atom stereocenters. The number of anilines is 1. The van der Waals surface area contributed by atoms with Gasteiger partial charge in [0.05, 0.1) is 12.9 Å². The van der Waals surface area contributed by atoms with Crippen LogP contribution in [0.15, 0.2) is 18.2 Å². The number of ether oxygens (including phenoxy) is 1. The second kappa shape index (κ2) is 4.91. The molecule has 3 nitrogen and oxygen atoms in total. The zero-order valence-corrected chi connectivity index (χ0v) is 9.10. The monoisotopic (exact) mass is 211 g/mol. The summed E-state index contributed by atoms with van der Waals surface area (Å²) in [5, 5.41) is 2.74. The molecule has 0 saturated heterocycles. The Hall–Kier alpha value is -1.16. The molecule has 0 heterocycles. The molecular formula is C10H13NO2S. The van der Waals surface area contributed by atoms with Crippen LogP contribution in [-0.4, -0.2) is 18.8 Å². The number of hydrogen-bond donors (Lipinski definition) is 2. The molecule has 0 bridgehead atoms. The van der Waals surface area contributed by atoms with Crippen molar-refractivity contribution in [3.63, 3.8) is 0 Å². The van der Waals surface area contributed by atoms with Crippen LogP contribution in [-0.2, 0) is 4.79 Å². The summed E-state index contributed by atoms with van der Waals surface area (Å²) < 4.78 is 5.05. The highest BCUT2D eigenvalue weighted by Crippen LogP contribution is 2.21. The highest BCUT2D eigenvalue weighted by molar-refractivity contribution is 7.81. The van der Waals surface area contributed by atoms with E-state index < -0.39 is 0 Å². The molecular weight excluding hydrogens is 198 g/mol. The van der Waals surface area contributed by atoms with Crippen LogP contribution in [0, 0.1) is 6.92 Å². The molecule has 0 aliphatic carbocycles. The third kappa shape index (κ3) is 2.67. The molecule has 1 aromatic carbocycles. The number of aryl methyl sites for hydroxylation is 1. The van der Waals surface area contributed by atoms with E-state index in [0.29, 0.717) is 0 Å². The highest BCUT2D eigenvalue weighted by Gasteiger charge is 2.03. The minimum atomic E-state index is -0.121. The average molecular weight is 211 g/mol. The van der Waals surface area contributed by atoms with Crippen molar-refractivity contribution in [3.8, 4) is 5.75 Å². The van der Waals surface area contributed by atoms with Gasteiger partial charge < -0.3 is 10.1 Å². The Morgan fingerprint density at radius 1 is 1.57 bits per heavy atom. The lowest BCUT2D eigenvalue weighted by atomic mass is 10.2. The number of hydrogen-bond acceptors (Lipinski definition) is 3. The van der Waals surface area contributed by atoms with Gasteiger partial charge in [-0.3, -0.25) is 4.79 Å². The maximum atomic E-state index is 11.1. The summed E-state index contributed by atoms with van der Waals surface area (Å²) >= 11 is 3.89. The van der Waals surface area contributed by atoms with Crippen molar-refractivity contribution in [1.29, 1.82) is 0 Å². The second-order valence-electron chi connectivity index (χ2n) is 2.89. The van der Waals surface area contributed by atoms with Gasteiger partial charge in [0.2, 0.25) is 5.91 Å². The second-order valence-corrected chi connectivity index (χ2v) is 3.20. The molecule has 1 rings (SSSR count). The van der Waals surface area contributed by atoms with Crippen molar-refractivity contribution in [2.24, 2.45) is 0 Å². The number of benzene rings is 1. The summed E-state index contributed by atoms with van der Waals surface area (Å²) in [5.74, 6) is 0.783. The fourth-order valence-corrected chi connectivity index (χ4v) is 1.13. The third-order valence-corrected chi connectivity index (χ3v) is 2.15. The van der Waals surface area contributed by atoms with E-state index >= 15 is 0 Å². The molecule has 0 aliphatic rings. The molecule has 0 fully saturated rings. The van der Waals surface area contributed by atoms with Gasteiger partial charge in [-0.05, 0) is 18.6 Å². The molecule has 1 amide bonds. The summed E-state index contributed by atoms with van der Waals surface area (Å²) in [6.45, 7) is 1.92. The quantitative estimate of drug-likeness (QED) is 0.749. The molecule has 14 heavy (non-hydrogen) atoms. The predicted octanol–water partition coefficient (Wildman–Crippen LogP) is 1.87. The lowest BCUT2D eigenvalue weighted by Crippen LogP contribution is -2.13. The van der Waals surface area contributed by atoms with Crippen molar-refractivity contribution < 1.29 is 9.53 Å². The van der Waals surface area contributed by atoms with Crippen LogP contribution in [0.3, 0.4) is 0 Å². The Morgan fingerprint density at radius 3 is 2.86 bits per heavy atom. The van der Waals surface area contributed by atoms with Crippen molar-refractivity contribution in [3.05, 3.63) is 23.8 Å². The van der Waals surface area contributed by atoms with Gasteiger partial charge in [0, 0.05) is 11.8 Å². The number of nitrogens with one attached hydrogen (secondary N) is 1. The summed E-state index contributed by atoms with van der Waals surface area (Å²) in [5.41, 5.74) is 1.77. The van der Waals surface area contributed by atoms with Crippen LogP contribution >= 0.6 is 12.6 Å². The molecule has 76 valence electrons. The summed E-state index contributed by atoms with van der Waals surface area (Å²) in [7, 11) is 1.59. The van der Waals surface area contributed by atoms with Crippen molar-refractivity contribution in [1.82, 2.24) is 0 Å². The number of methoxy groups -OCH3 is 1. The number of amides is 1. The van der Waals surface area contributed by atoms with Gasteiger partial charge in [-0.2, -0.15) is 12.6 Å². The molecule has 1 aromatic rings. The lowest BCUT2D eigenvalue weighted by molar-refractivity contribution is -0.113. The van der Waals surface area contributed by atoms with Gasteiger partial charge in [-0.25, -0.2) is 0 Å². The zero-order chi connectivity index (χ0) is 10.6. The maximum Gasteiger partial charge on any atom is 0.234 e. The lowest BCUT2D eigenvalue weighted by Gasteiger charge is -2.08. The Morgan fingerprint density at radius 2 is 2.29 bits per heavy atom. The highest BCUT2D eigenvalue weighted by atomic mass is 32.1. The topological polar surface area (TPSA) is 38.3 Å². The van der Waals surface area contributed by atoms with E-state index in [1.807, 2.05) is 19.1 Å². The van der Waals surface area contributed by atoms with E-state index in [9.17, 15) is 4.79 Å². The Balaban J connectivity index is 2.89. The number of rotatable bonds is 3. The summed E-state index contributed by atoms with van der Waals surface area (Å²) in [4.78, 5) is 11.1. The smallest absolute Gasteiger partial charge is 0.234 e. The third-order valence-electron chi connectivity index (χ3n) is 1.86. The normalized spacial score (nSPS) is 9.64. The fraction of sp³-hybridized carbons (Fsp3) is 0.300. The Bertz CT molecular complexity index is 339. The first-order valence-electron chi connectivity index (χ1n) is 4.22. The van der Waals surface area contributed by atoms with Gasteiger partial charge >= 0.3 is 0 Å².